The Kier molecular flexibility index (Phi) is 4.10. The lowest BCUT2D eigenvalue weighted by atomic mass is 9.79. The lowest BCUT2D eigenvalue weighted by Gasteiger charge is -2.29. The van der Waals surface area contributed by atoms with Gasteiger partial charge in [0.2, 0.25) is 0 Å². The molecule has 142 valence electrons. The largest absolute Gasteiger partial charge is 0.508 e. The highest BCUT2D eigenvalue weighted by molar-refractivity contribution is 6.34. The van der Waals surface area contributed by atoms with Crippen molar-refractivity contribution in [2.24, 2.45) is 0 Å². The van der Waals surface area contributed by atoms with Gasteiger partial charge in [-0.05, 0) is 41.2 Å². The van der Waals surface area contributed by atoms with Gasteiger partial charge in [-0.25, -0.2) is 4.90 Å². The topological polar surface area (TPSA) is 77.8 Å². The van der Waals surface area contributed by atoms with E-state index in [4.69, 9.17) is 0 Å². The zero-order chi connectivity index (χ0) is 20.3. The first kappa shape index (κ1) is 19.0. The van der Waals surface area contributed by atoms with Gasteiger partial charge in [-0.3, -0.25) is 9.59 Å². The lowest BCUT2D eigenvalue weighted by molar-refractivity contribution is 0.0926. The van der Waals surface area contributed by atoms with Crippen LogP contribution in [0.1, 0.15) is 73.4 Å². The highest BCUT2D eigenvalue weighted by atomic mass is 16.3. The van der Waals surface area contributed by atoms with Crippen molar-refractivity contribution in [1.82, 2.24) is 0 Å². The van der Waals surface area contributed by atoms with Crippen LogP contribution in [0.15, 0.2) is 30.3 Å². The zero-order valence-corrected chi connectivity index (χ0v) is 16.5. The number of nitrogens with zero attached hydrogens (tertiary/aromatic N) is 1. The molecule has 1 heterocycles. The number of rotatable bonds is 1. The van der Waals surface area contributed by atoms with Crippen LogP contribution in [-0.2, 0) is 10.8 Å². The molecule has 27 heavy (non-hydrogen) atoms. The third kappa shape index (κ3) is 3.07. The minimum atomic E-state index is -0.476. The van der Waals surface area contributed by atoms with Crippen LogP contribution in [0.25, 0.3) is 0 Å². The Morgan fingerprint density at radius 3 is 1.70 bits per heavy atom. The second kappa shape index (κ2) is 5.84. The molecule has 3 rings (SSSR count). The van der Waals surface area contributed by atoms with E-state index in [0.717, 1.165) is 4.90 Å². The molecule has 0 fully saturated rings. The number of carbonyl (C=O) groups is 2. The van der Waals surface area contributed by atoms with Crippen LogP contribution in [0.5, 0.6) is 11.5 Å². The smallest absolute Gasteiger partial charge is 0.266 e. The van der Waals surface area contributed by atoms with E-state index in [1.165, 1.54) is 18.2 Å². The Bertz CT molecular complexity index is 926. The van der Waals surface area contributed by atoms with Gasteiger partial charge < -0.3 is 10.2 Å². The fraction of sp³-hybridized carbons (Fsp3) is 0.364. The van der Waals surface area contributed by atoms with Gasteiger partial charge in [0.05, 0.1) is 16.8 Å². The number of carbonyl (C=O) groups excluding carboxylic acids is 2. The van der Waals surface area contributed by atoms with Crippen molar-refractivity contribution in [2.45, 2.75) is 52.4 Å². The van der Waals surface area contributed by atoms with Crippen LogP contribution in [0, 0.1) is 0 Å². The van der Waals surface area contributed by atoms with Crippen molar-refractivity contribution in [2.75, 3.05) is 4.90 Å². The number of hydrogen-bond donors (Lipinski definition) is 2. The maximum Gasteiger partial charge on any atom is 0.266 e. The molecule has 0 aliphatic carbocycles. The molecule has 2 aromatic carbocycles. The van der Waals surface area contributed by atoms with Gasteiger partial charge in [0.15, 0.2) is 0 Å². The highest BCUT2D eigenvalue weighted by Crippen LogP contribution is 2.43. The molecular formula is C22H25NO4. The fourth-order valence-electron chi connectivity index (χ4n) is 3.36. The Balaban J connectivity index is 2.24. The minimum Gasteiger partial charge on any atom is -0.508 e. The van der Waals surface area contributed by atoms with E-state index in [2.05, 4.69) is 0 Å². The average Bonchev–Trinajstić information content (AvgIpc) is 2.76. The second-order valence-electron chi connectivity index (χ2n) is 9.07. The maximum absolute atomic E-state index is 12.9. The normalized spacial score (nSPS) is 14.7. The third-order valence-corrected chi connectivity index (χ3v) is 4.84. The molecule has 0 bridgehead atoms. The number of fused-ring (bicyclic) bond motifs is 1. The van der Waals surface area contributed by atoms with E-state index in [1.807, 2.05) is 41.5 Å². The molecule has 2 amide bonds. The standard InChI is InChI=1S/C22H25NO4/c1-21(2,3)16-9-12(10-17(18(16)25)22(4,5)6)23-19(26)14-8-7-13(24)11-15(14)20(23)27/h7-11,24-25H,1-6H3. The first-order valence-corrected chi connectivity index (χ1v) is 8.92. The van der Waals surface area contributed by atoms with Crippen LogP contribution in [0.4, 0.5) is 5.69 Å². The molecule has 0 aromatic heterocycles. The van der Waals surface area contributed by atoms with Crippen LogP contribution < -0.4 is 4.90 Å². The number of phenolic OH excluding ortho intramolecular Hbond substituents is 2. The molecule has 0 saturated heterocycles. The number of imide groups is 1. The summed E-state index contributed by atoms with van der Waals surface area (Å²) in [5.74, 6) is -0.780. The Morgan fingerprint density at radius 1 is 0.741 bits per heavy atom. The SMILES string of the molecule is CC(C)(C)c1cc(N2C(=O)c3ccc(O)cc3C2=O)cc(C(C)(C)C)c1O. The summed E-state index contributed by atoms with van der Waals surface area (Å²) in [5.41, 5.74) is 1.46. The van der Waals surface area contributed by atoms with Crippen molar-refractivity contribution in [3.63, 3.8) is 0 Å². The van der Waals surface area contributed by atoms with E-state index in [-0.39, 0.29) is 33.5 Å². The van der Waals surface area contributed by atoms with E-state index in [9.17, 15) is 19.8 Å². The average molecular weight is 367 g/mol. The number of benzene rings is 2. The monoisotopic (exact) mass is 367 g/mol. The molecule has 1 aliphatic rings. The zero-order valence-electron chi connectivity index (χ0n) is 16.5. The van der Waals surface area contributed by atoms with Crippen molar-refractivity contribution in [3.05, 3.63) is 52.6 Å². The summed E-state index contributed by atoms with van der Waals surface area (Å²) in [5, 5.41) is 20.5. The van der Waals surface area contributed by atoms with Gasteiger partial charge in [0, 0.05) is 11.1 Å². The Hall–Kier alpha value is -2.82. The minimum absolute atomic E-state index is 0.0618. The first-order chi connectivity index (χ1) is 12.3. The summed E-state index contributed by atoms with van der Waals surface area (Å²) in [6, 6.07) is 7.57. The summed E-state index contributed by atoms with van der Waals surface area (Å²) < 4.78 is 0. The lowest BCUT2D eigenvalue weighted by Crippen LogP contribution is -2.30. The number of amides is 2. The summed E-state index contributed by atoms with van der Waals surface area (Å²) in [6.07, 6.45) is 0. The van der Waals surface area contributed by atoms with Crippen LogP contribution in [0.2, 0.25) is 0 Å². The van der Waals surface area contributed by atoms with Gasteiger partial charge in [-0.15, -0.1) is 0 Å². The summed E-state index contributed by atoms with van der Waals surface area (Å²) in [6.45, 7) is 11.8. The Morgan fingerprint density at radius 2 is 1.22 bits per heavy atom. The molecule has 1 aliphatic heterocycles. The van der Waals surface area contributed by atoms with Crippen LogP contribution in [-0.4, -0.2) is 22.0 Å². The van der Waals surface area contributed by atoms with Crippen molar-refractivity contribution >= 4 is 17.5 Å². The molecule has 0 radical (unpaired) electrons. The first-order valence-electron chi connectivity index (χ1n) is 8.92. The molecule has 5 nitrogen and oxygen atoms in total. The summed E-state index contributed by atoms with van der Waals surface area (Å²) in [4.78, 5) is 26.9. The highest BCUT2D eigenvalue weighted by Gasteiger charge is 2.38. The van der Waals surface area contributed by atoms with Gasteiger partial charge >= 0.3 is 0 Å². The van der Waals surface area contributed by atoms with E-state index in [1.54, 1.807) is 12.1 Å². The predicted octanol–water partition coefficient (Wildman–Crippen LogP) is 4.49. The number of hydrogen-bond acceptors (Lipinski definition) is 4. The van der Waals surface area contributed by atoms with Crippen molar-refractivity contribution in [3.8, 4) is 11.5 Å². The maximum atomic E-state index is 12.9. The molecule has 0 unspecified atom stereocenters. The quantitative estimate of drug-likeness (QED) is 0.728. The van der Waals surface area contributed by atoms with Crippen LogP contribution in [0.3, 0.4) is 0 Å². The molecule has 0 saturated carbocycles. The predicted molar refractivity (Wildman–Crippen MR) is 105 cm³/mol. The van der Waals surface area contributed by atoms with Gasteiger partial charge in [-0.2, -0.15) is 0 Å². The van der Waals surface area contributed by atoms with E-state index < -0.39 is 11.8 Å². The molecule has 0 atom stereocenters. The fourth-order valence-corrected chi connectivity index (χ4v) is 3.36. The molecule has 0 spiro atoms. The summed E-state index contributed by atoms with van der Waals surface area (Å²) >= 11 is 0. The van der Waals surface area contributed by atoms with Crippen LogP contribution >= 0.6 is 0 Å². The third-order valence-electron chi connectivity index (χ3n) is 4.84. The van der Waals surface area contributed by atoms with Crippen molar-refractivity contribution < 1.29 is 19.8 Å². The number of anilines is 1. The van der Waals surface area contributed by atoms with E-state index >= 15 is 0 Å². The Labute approximate surface area is 159 Å². The number of phenols is 2. The van der Waals surface area contributed by atoms with Gasteiger partial charge in [0.25, 0.3) is 11.8 Å². The van der Waals surface area contributed by atoms with E-state index in [0.29, 0.717) is 16.8 Å². The summed E-state index contributed by atoms with van der Waals surface area (Å²) in [7, 11) is 0. The second-order valence-corrected chi connectivity index (χ2v) is 9.07. The molecule has 2 aromatic rings. The van der Waals surface area contributed by atoms with Crippen molar-refractivity contribution in [1.29, 1.82) is 0 Å². The molecule has 2 N–H and O–H groups in total. The van der Waals surface area contributed by atoms with Gasteiger partial charge in [0.1, 0.15) is 11.5 Å². The van der Waals surface area contributed by atoms with Gasteiger partial charge in [-0.1, -0.05) is 41.5 Å². The molecule has 5 heteroatoms. The molecular weight excluding hydrogens is 342 g/mol. The number of aromatic hydroxyl groups is 2.